The van der Waals surface area contributed by atoms with Crippen LogP contribution in [0.25, 0.3) is 20.9 Å². The topological polar surface area (TPSA) is 153 Å². The summed E-state index contributed by atoms with van der Waals surface area (Å²) in [6.45, 7) is 0.139. The Kier molecular flexibility index (Phi) is 9.41. The smallest absolute Gasteiger partial charge is 0.149 e. The Hall–Kier alpha value is -1.81. The van der Waals surface area contributed by atoms with Gasteiger partial charge in [0.25, 0.3) is 0 Å². The van der Waals surface area contributed by atoms with E-state index in [1.54, 1.807) is 19.2 Å². The second-order valence-corrected chi connectivity index (χ2v) is 8.06. The zero-order chi connectivity index (χ0) is 22.1. The van der Waals surface area contributed by atoms with E-state index in [4.69, 9.17) is 20.5 Å². The van der Waals surface area contributed by atoms with Crippen molar-refractivity contribution in [1.82, 2.24) is 0 Å². The highest BCUT2D eigenvalue weighted by Crippen LogP contribution is 2.48. The van der Waals surface area contributed by atoms with Gasteiger partial charge in [0.05, 0.1) is 31.1 Å². The SMILES string of the molecule is COc1ccc(CO[C@@H]2[C@H](CN=[N+]=[N-])[C@@H](CN=[N+]=[N-])[C@H](C(=O)CBr)[C@@]2(O)CBr)cc1. The van der Waals surface area contributed by atoms with E-state index in [1.807, 2.05) is 12.1 Å². The van der Waals surface area contributed by atoms with Crippen molar-refractivity contribution in [1.29, 1.82) is 0 Å². The van der Waals surface area contributed by atoms with Crippen LogP contribution in [0.15, 0.2) is 34.5 Å². The molecule has 0 aliphatic heterocycles. The average Bonchev–Trinajstić information content (AvgIpc) is 3.01. The Morgan fingerprint density at radius 2 is 1.77 bits per heavy atom. The van der Waals surface area contributed by atoms with Crippen LogP contribution in [0.4, 0.5) is 0 Å². The number of carbonyl (C=O) groups is 1. The van der Waals surface area contributed by atoms with Crippen LogP contribution in [0, 0.1) is 17.8 Å². The Balaban J connectivity index is 2.40. The number of alkyl halides is 2. The molecular weight excluding hydrogens is 524 g/mol. The molecule has 0 aromatic heterocycles. The number of nitrogens with zero attached hydrogens (tertiary/aromatic N) is 6. The van der Waals surface area contributed by atoms with Gasteiger partial charge in [-0.05, 0) is 40.6 Å². The number of Topliss-reactive ketones (excluding diaryl/α,β-unsaturated/α-hetero) is 1. The van der Waals surface area contributed by atoms with Crippen molar-refractivity contribution < 1.29 is 19.4 Å². The maximum Gasteiger partial charge on any atom is 0.149 e. The molecule has 30 heavy (non-hydrogen) atoms. The van der Waals surface area contributed by atoms with Crippen LogP contribution < -0.4 is 4.74 Å². The maximum absolute atomic E-state index is 12.7. The largest absolute Gasteiger partial charge is 0.497 e. The molecule has 0 unspecified atom stereocenters. The molecule has 1 aromatic carbocycles. The molecule has 1 N–H and O–H groups in total. The molecule has 0 spiro atoms. The van der Waals surface area contributed by atoms with Gasteiger partial charge in [-0.3, -0.25) is 4.79 Å². The van der Waals surface area contributed by atoms with Crippen LogP contribution >= 0.6 is 31.9 Å². The molecule has 1 aliphatic rings. The summed E-state index contributed by atoms with van der Waals surface area (Å²) >= 11 is 6.50. The molecule has 10 nitrogen and oxygen atoms in total. The second kappa shape index (κ2) is 11.5. The fourth-order valence-electron chi connectivity index (χ4n) is 4.06. The van der Waals surface area contributed by atoms with Gasteiger partial charge in [0.1, 0.15) is 17.1 Å². The third kappa shape index (κ3) is 5.26. The highest BCUT2D eigenvalue weighted by Gasteiger charge is 2.61. The van der Waals surface area contributed by atoms with Crippen molar-refractivity contribution in [3.8, 4) is 5.75 Å². The summed E-state index contributed by atoms with van der Waals surface area (Å²) in [5, 5.41) is 18.9. The highest BCUT2D eigenvalue weighted by molar-refractivity contribution is 9.09. The summed E-state index contributed by atoms with van der Waals surface area (Å²) in [6, 6.07) is 7.26. The number of benzene rings is 1. The van der Waals surface area contributed by atoms with E-state index >= 15 is 0 Å². The number of aliphatic hydroxyl groups is 1. The Bertz CT molecular complexity index is 828. The third-order valence-corrected chi connectivity index (χ3v) is 6.84. The monoisotopic (exact) mass is 544 g/mol. The molecule has 0 saturated heterocycles. The molecule has 1 saturated carbocycles. The number of ether oxygens (including phenoxy) is 2. The number of halogens is 2. The summed E-state index contributed by atoms with van der Waals surface area (Å²) in [6.07, 6.45) is -0.823. The van der Waals surface area contributed by atoms with Crippen molar-refractivity contribution in [3.05, 3.63) is 50.7 Å². The molecule has 12 heteroatoms. The highest BCUT2D eigenvalue weighted by atomic mass is 79.9. The fourth-order valence-corrected chi connectivity index (χ4v) is 5.08. The van der Waals surface area contributed by atoms with Crippen molar-refractivity contribution in [2.45, 2.75) is 18.3 Å². The Morgan fingerprint density at radius 1 is 1.17 bits per heavy atom. The molecule has 162 valence electrons. The predicted molar refractivity (Wildman–Crippen MR) is 118 cm³/mol. The van der Waals surface area contributed by atoms with E-state index in [0.29, 0.717) is 5.75 Å². The number of hydrogen-bond donors (Lipinski definition) is 1. The van der Waals surface area contributed by atoms with Crippen LogP contribution in [0.3, 0.4) is 0 Å². The molecule has 0 heterocycles. The normalized spacial score (nSPS) is 27.7. The van der Waals surface area contributed by atoms with Crippen molar-refractivity contribution in [3.63, 3.8) is 0 Å². The Labute approximate surface area is 190 Å². The first kappa shape index (κ1) is 24.5. The van der Waals surface area contributed by atoms with E-state index in [0.717, 1.165) is 5.56 Å². The Morgan fingerprint density at radius 3 is 2.27 bits per heavy atom. The fraction of sp³-hybridized carbons (Fsp3) is 0.611. The maximum atomic E-state index is 12.7. The molecule has 1 aliphatic carbocycles. The summed E-state index contributed by atoms with van der Waals surface area (Å²) in [5.74, 6) is -1.45. The van der Waals surface area contributed by atoms with E-state index < -0.39 is 29.5 Å². The number of ketones is 1. The first-order valence-electron chi connectivity index (χ1n) is 9.10. The lowest BCUT2D eigenvalue weighted by molar-refractivity contribution is -0.139. The van der Waals surface area contributed by atoms with Gasteiger partial charge in [-0.15, -0.1) is 0 Å². The zero-order valence-electron chi connectivity index (χ0n) is 16.3. The predicted octanol–water partition coefficient (Wildman–Crippen LogP) is 4.15. The van der Waals surface area contributed by atoms with Crippen LogP contribution in [-0.4, -0.2) is 53.5 Å². The summed E-state index contributed by atoms with van der Waals surface area (Å²) in [4.78, 5) is 18.3. The lowest BCUT2D eigenvalue weighted by atomic mass is 9.82. The minimum atomic E-state index is -1.57. The molecule has 1 fully saturated rings. The van der Waals surface area contributed by atoms with Gasteiger partial charge in [0.15, 0.2) is 0 Å². The van der Waals surface area contributed by atoms with Crippen molar-refractivity contribution in [2.75, 3.05) is 30.9 Å². The van der Waals surface area contributed by atoms with E-state index in [-0.39, 0.29) is 36.1 Å². The summed E-state index contributed by atoms with van der Waals surface area (Å²) < 4.78 is 11.3. The van der Waals surface area contributed by atoms with E-state index in [1.165, 1.54) is 0 Å². The van der Waals surface area contributed by atoms with Crippen LogP contribution in [0.2, 0.25) is 0 Å². The van der Waals surface area contributed by atoms with Gasteiger partial charge in [0.2, 0.25) is 0 Å². The number of methoxy groups -OCH3 is 1. The van der Waals surface area contributed by atoms with Gasteiger partial charge in [-0.2, -0.15) is 0 Å². The van der Waals surface area contributed by atoms with Gasteiger partial charge < -0.3 is 14.6 Å². The molecule has 0 bridgehead atoms. The van der Waals surface area contributed by atoms with Crippen molar-refractivity contribution >= 4 is 37.6 Å². The van der Waals surface area contributed by atoms with Crippen LogP contribution in [-0.2, 0) is 16.1 Å². The van der Waals surface area contributed by atoms with E-state index in [9.17, 15) is 9.90 Å². The standard InChI is InChI=1S/C18H22Br2N6O4/c1-29-12-4-2-11(3-5-12)9-30-17-14(8-24-26-22)13(7-23-25-21)16(15(27)6-19)18(17,28)10-20/h2-5,13-14,16-17,28H,6-10H2,1H3/t13-,14-,16-,17-,18+/m1/s1. The average molecular weight is 546 g/mol. The number of rotatable bonds is 11. The van der Waals surface area contributed by atoms with Crippen LogP contribution in [0.5, 0.6) is 5.75 Å². The molecule has 2 rings (SSSR count). The first-order chi connectivity index (χ1) is 14.5. The van der Waals surface area contributed by atoms with Crippen molar-refractivity contribution in [2.24, 2.45) is 28.0 Å². The third-order valence-electron chi connectivity index (χ3n) is 5.39. The number of carbonyl (C=O) groups excluding carboxylic acids is 1. The molecular formula is C18H22Br2N6O4. The van der Waals surface area contributed by atoms with Gasteiger partial charge in [-0.25, -0.2) is 0 Å². The van der Waals surface area contributed by atoms with Gasteiger partial charge in [-0.1, -0.05) is 54.2 Å². The minimum absolute atomic E-state index is 0.00320. The molecule has 5 atom stereocenters. The summed E-state index contributed by atoms with van der Waals surface area (Å²) in [7, 11) is 1.57. The zero-order valence-corrected chi connectivity index (χ0v) is 19.4. The lowest BCUT2D eigenvalue weighted by Gasteiger charge is -2.34. The lowest BCUT2D eigenvalue weighted by Crippen LogP contribution is -2.51. The second-order valence-electron chi connectivity index (χ2n) is 6.94. The first-order valence-corrected chi connectivity index (χ1v) is 11.3. The minimum Gasteiger partial charge on any atom is -0.497 e. The molecule has 0 radical (unpaired) electrons. The molecule has 0 amide bonds. The quantitative estimate of drug-likeness (QED) is 0.192. The molecule has 1 aromatic rings. The van der Waals surface area contributed by atoms with Crippen LogP contribution in [0.1, 0.15) is 5.56 Å². The van der Waals surface area contributed by atoms with Gasteiger partial charge in [0, 0.05) is 28.2 Å². The summed E-state index contributed by atoms with van der Waals surface area (Å²) in [5.41, 5.74) is 16.9. The van der Waals surface area contributed by atoms with E-state index in [2.05, 4.69) is 51.9 Å². The van der Waals surface area contributed by atoms with Gasteiger partial charge >= 0.3 is 0 Å². The number of azide groups is 2. The number of hydrogen-bond acceptors (Lipinski definition) is 6.